The van der Waals surface area contributed by atoms with Gasteiger partial charge in [0, 0.05) is 17.8 Å². The lowest BCUT2D eigenvalue weighted by molar-refractivity contribution is 0.0845. The minimum Gasteiger partial charge on any atom is -0.380 e. The fourth-order valence-corrected chi connectivity index (χ4v) is 3.38. The molecule has 0 saturated heterocycles. The summed E-state index contributed by atoms with van der Waals surface area (Å²) in [6.07, 6.45) is 4.78. The van der Waals surface area contributed by atoms with Gasteiger partial charge < -0.3 is 5.11 Å². The Labute approximate surface area is 121 Å². The maximum atomic E-state index is 13.4. The molecule has 0 bridgehead atoms. The molecule has 21 heavy (non-hydrogen) atoms. The number of benzene rings is 2. The number of aryl methyl sites for hydroxylation is 1. The lowest BCUT2D eigenvalue weighted by atomic mass is 9.85. The first kappa shape index (κ1) is 12.5. The minimum absolute atomic E-state index is 0.252. The van der Waals surface area contributed by atoms with Gasteiger partial charge in [0.25, 0.3) is 0 Å². The Morgan fingerprint density at radius 3 is 2.90 bits per heavy atom. The van der Waals surface area contributed by atoms with E-state index in [-0.39, 0.29) is 5.82 Å². The lowest BCUT2D eigenvalue weighted by Crippen LogP contribution is -2.24. The highest BCUT2D eigenvalue weighted by molar-refractivity contribution is 5.86. The van der Waals surface area contributed by atoms with Gasteiger partial charge in [-0.3, -0.25) is 4.98 Å². The van der Waals surface area contributed by atoms with Crippen LogP contribution in [0.25, 0.3) is 10.8 Å². The summed E-state index contributed by atoms with van der Waals surface area (Å²) in [5.41, 5.74) is 1.48. The van der Waals surface area contributed by atoms with E-state index in [0.717, 1.165) is 27.5 Å². The zero-order valence-electron chi connectivity index (χ0n) is 11.4. The van der Waals surface area contributed by atoms with Crippen molar-refractivity contribution >= 4 is 10.8 Å². The maximum absolute atomic E-state index is 13.4. The van der Waals surface area contributed by atoms with Crippen molar-refractivity contribution in [1.29, 1.82) is 0 Å². The van der Waals surface area contributed by atoms with Crippen LogP contribution < -0.4 is 0 Å². The first-order chi connectivity index (χ1) is 10.2. The van der Waals surface area contributed by atoms with Gasteiger partial charge in [0.15, 0.2) is 0 Å². The second-order valence-corrected chi connectivity index (χ2v) is 5.56. The van der Waals surface area contributed by atoms with Crippen LogP contribution in [0.3, 0.4) is 0 Å². The molecule has 4 rings (SSSR count). The van der Waals surface area contributed by atoms with Gasteiger partial charge in [-0.25, -0.2) is 4.39 Å². The highest BCUT2D eigenvalue weighted by Crippen LogP contribution is 2.44. The van der Waals surface area contributed by atoms with Crippen LogP contribution in [0.15, 0.2) is 54.9 Å². The summed E-state index contributed by atoms with van der Waals surface area (Å²) in [6, 6.07) is 12.5. The van der Waals surface area contributed by atoms with Gasteiger partial charge in [-0.2, -0.15) is 0 Å². The highest BCUT2D eigenvalue weighted by Gasteiger charge is 2.39. The van der Waals surface area contributed by atoms with Crippen LogP contribution in [-0.4, -0.2) is 10.1 Å². The Morgan fingerprint density at radius 1 is 1.10 bits per heavy atom. The van der Waals surface area contributed by atoms with Gasteiger partial charge in [0.2, 0.25) is 0 Å². The summed E-state index contributed by atoms with van der Waals surface area (Å²) >= 11 is 0. The summed E-state index contributed by atoms with van der Waals surface area (Å²) in [7, 11) is 0. The van der Waals surface area contributed by atoms with Crippen molar-refractivity contribution in [2.75, 3.05) is 0 Å². The summed E-state index contributed by atoms with van der Waals surface area (Å²) in [5, 5.41) is 13.2. The molecule has 1 aliphatic rings. The van der Waals surface area contributed by atoms with Crippen molar-refractivity contribution < 1.29 is 9.50 Å². The molecule has 1 aliphatic carbocycles. The van der Waals surface area contributed by atoms with Gasteiger partial charge >= 0.3 is 0 Å². The van der Waals surface area contributed by atoms with Crippen LogP contribution in [0.1, 0.15) is 23.1 Å². The molecule has 1 unspecified atom stereocenters. The summed E-state index contributed by atoms with van der Waals surface area (Å²) in [6.45, 7) is 0. The van der Waals surface area contributed by atoms with Crippen LogP contribution in [-0.2, 0) is 12.0 Å². The number of pyridine rings is 1. The molecule has 2 aromatic carbocycles. The van der Waals surface area contributed by atoms with Gasteiger partial charge in [0.1, 0.15) is 11.4 Å². The zero-order chi connectivity index (χ0) is 14.4. The van der Waals surface area contributed by atoms with Gasteiger partial charge in [-0.05, 0) is 53.1 Å². The molecule has 0 aliphatic heterocycles. The first-order valence-corrected chi connectivity index (χ1v) is 7.03. The van der Waals surface area contributed by atoms with Crippen molar-refractivity contribution in [3.8, 4) is 0 Å². The second kappa shape index (κ2) is 4.37. The Kier molecular flexibility index (Phi) is 2.59. The molecule has 1 atom stereocenters. The Morgan fingerprint density at radius 2 is 2.00 bits per heavy atom. The number of nitrogens with zero attached hydrogens (tertiary/aromatic N) is 1. The predicted molar refractivity (Wildman–Crippen MR) is 79.5 cm³/mol. The Balaban J connectivity index is 1.98. The van der Waals surface area contributed by atoms with Crippen LogP contribution in [0, 0.1) is 5.82 Å². The molecule has 1 heterocycles. The molecule has 3 heteroatoms. The molecule has 0 radical (unpaired) electrons. The Bertz CT molecular complexity index is 840. The molecule has 2 nitrogen and oxygen atoms in total. The van der Waals surface area contributed by atoms with E-state index in [9.17, 15) is 9.50 Å². The standard InChI is InChI=1S/C18H14FNO/c19-14-4-5-16-13(10-14)6-8-18(16,21)17-3-1-2-12-7-9-20-11-15(12)17/h1-5,7,9-11,21H,6,8H2. The topological polar surface area (TPSA) is 33.1 Å². The molecule has 0 saturated carbocycles. The normalized spacial score (nSPS) is 20.7. The molecule has 1 N–H and O–H groups in total. The average Bonchev–Trinajstić information content (AvgIpc) is 2.84. The Hall–Kier alpha value is -2.26. The number of aromatic nitrogens is 1. The summed E-state index contributed by atoms with van der Waals surface area (Å²) in [4.78, 5) is 4.18. The first-order valence-electron chi connectivity index (χ1n) is 7.03. The van der Waals surface area contributed by atoms with Crippen LogP contribution in [0.5, 0.6) is 0 Å². The van der Waals surface area contributed by atoms with E-state index in [1.165, 1.54) is 12.1 Å². The monoisotopic (exact) mass is 279 g/mol. The number of aliphatic hydroxyl groups is 1. The fourth-order valence-electron chi connectivity index (χ4n) is 3.38. The van der Waals surface area contributed by atoms with Crippen molar-refractivity contribution in [1.82, 2.24) is 4.98 Å². The summed E-state index contributed by atoms with van der Waals surface area (Å²) < 4.78 is 13.4. The average molecular weight is 279 g/mol. The molecule has 0 fully saturated rings. The minimum atomic E-state index is -1.06. The van der Waals surface area contributed by atoms with Crippen molar-refractivity contribution in [2.45, 2.75) is 18.4 Å². The van der Waals surface area contributed by atoms with E-state index in [1.807, 2.05) is 24.3 Å². The smallest absolute Gasteiger partial charge is 0.123 e. The molecule has 3 aromatic rings. The molecule has 0 amide bonds. The number of fused-ring (bicyclic) bond motifs is 2. The van der Waals surface area contributed by atoms with E-state index in [4.69, 9.17) is 0 Å². The van der Waals surface area contributed by atoms with Gasteiger partial charge in [0.05, 0.1) is 0 Å². The van der Waals surface area contributed by atoms with Crippen molar-refractivity contribution in [2.24, 2.45) is 0 Å². The van der Waals surface area contributed by atoms with Crippen LogP contribution >= 0.6 is 0 Å². The third-order valence-electron chi connectivity index (χ3n) is 4.40. The molecule has 0 spiro atoms. The van der Waals surface area contributed by atoms with Crippen molar-refractivity contribution in [3.05, 3.63) is 77.4 Å². The van der Waals surface area contributed by atoms with Gasteiger partial charge in [-0.1, -0.05) is 24.3 Å². The fraction of sp³-hybridized carbons (Fsp3) is 0.167. The highest BCUT2D eigenvalue weighted by atomic mass is 19.1. The maximum Gasteiger partial charge on any atom is 0.123 e. The van der Waals surface area contributed by atoms with Crippen LogP contribution in [0.2, 0.25) is 0 Å². The van der Waals surface area contributed by atoms with E-state index < -0.39 is 5.60 Å². The third-order valence-corrected chi connectivity index (χ3v) is 4.40. The van der Waals surface area contributed by atoms with Crippen molar-refractivity contribution in [3.63, 3.8) is 0 Å². The molecular formula is C18H14FNO. The molecular weight excluding hydrogens is 265 g/mol. The van der Waals surface area contributed by atoms with E-state index >= 15 is 0 Å². The number of hydrogen-bond acceptors (Lipinski definition) is 2. The molecule has 1 aromatic heterocycles. The summed E-state index contributed by atoms with van der Waals surface area (Å²) in [5.74, 6) is -0.252. The number of hydrogen-bond donors (Lipinski definition) is 1. The zero-order valence-corrected chi connectivity index (χ0v) is 11.4. The number of halogens is 1. The second-order valence-electron chi connectivity index (χ2n) is 5.56. The van der Waals surface area contributed by atoms with E-state index in [2.05, 4.69) is 4.98 Å². The molecule has 104 valence electrons. The van der Waals surface area contributed by atoms with Gasteiger partial charge in [-0.15, -0.1) is 0 Å². The third kappa shape index (κ3) is 1.78. The van der Waals surface area contributed by atoms with E-state index in [0.29, 0.717) is 12.8 Å². The predicted octanol–water partition coefficient (Wildman–Crippen LogP) is 3.56. The van der Waals surface area contributed by atoms with Crippen LogP contribution in [0.4, 0.5) is 4.39 Å². The quantitative estimate of drug-likeness (QED) is 0.739. The number of rotatable bonds is 1. The lowest BCUT2D eigenvalue weighted by Gasteiger charge is -2.26. The SMILES string of the molecule is OC1(c2cccc3ccncc23)CCc2cc(F)ccc21. The van der Waals surface area contributed by atoms with E-state index in [1.54, 1.807) is 18.5 Å². The largest absolute Gasteiger partial charge is 0.380 e.